The van der Waals surface area contributed by atoms with Crippen molar-refractivity contribution in [3.05, 3.63) is 0 Å². The van der Waals surface area contributed by atoms with Gasteiger partial charge in [-0.3, -0.25) is 4.79 Å². The summed E-state index contributed by atoms with van der Waals surface area (Å²) in [5.41, 5.74) is 0. The van der Waals surface area contributed by atoms with E-state index < -0.39 is 0 Å². The molecular weight excluding hydrogens is 360 g/mol. The molecule has 0 aromatic carbocycles. The van der Waals surface area contributed by atoms with Gasteiger partial charge in [0.05, 0.1) is 6.61 Å². The van der Waals surface area contributed by atoms with Crippen molar-refractivity contribution in [1.82, 2.24) is 0 Å². The lowest BCUT2D eigenvalue weighted by atomic mass is 9.94. The molecule has 0 aliphatic carbocycles. The molecule has 1 N–H and O–H groups in total. The van der Waals surface area contributed by atoms with Crippen LogP contribution in [0.15, 0.2) is 0 Å². The van der Waals surface area contributed by atoms with Crippen molar-refractivity contribution in [2.45, 2.75) is 142 Å². The molecule has 0 aromatic heterocycles. The summed E-state index contributed by atoms with van der Waals surface area (Å²) in [5.74, 6) is 0.495. The quantitative estimate of drug-likeness (QED) is 0.137. The van der Waals surface area contributed by atoms with E-state index in [1.807, 2.05) is 0 Å². The van der Waals surface area contributed by atoms with Crippen LogP contribution in [0, 0.1) is 5.92 Å². The first-order chi connectivity index (χ1) is 14.2. The van der Waals surface area contributed by atoms with Crippen molar-refractivity contribution in [3.63, 3.8) is 0 Å². The van der Waals surface area contributed by atoms with E-state index in [1.165, 1.54) is 103 Å². The average Bonchev–Trinajstić information content (AvgIpc) is 2.73. The van der Waals surface area contributed by atoms with Crippen LogP contribution in [0.5, 0.6) is 0 Å². The highest BCUT2D eigenvalue weighted by molar-refractivity contribution is 5.69. The first-order valence-electron chi connectivity index (χ1n) is 13.0. The van der Waals surface area contributed by atoms with Gasteiger partial charge in [-0.1, -0.05) is 110 Å². The van der Waals surface area contributed by atoms with Gasteiger partial charge in [-0.15, -0.1) is 0 Å². The van der Waals surface area contributed by atoms with E-state index >= 15 is 0 Å². The van der Waals surface area contributed by atoms with Crippen molar-refractivity contribution >= 4 is 5.97 Å². The second kappa shape index (κ2) is 23.7. The number of esters is 1. The minimum Gasteiger partial charge on any atom is -0.465 e. The average molecular weight is 413 g/mol. The van der Waals surface area contributed by atoms with Crippen molar-refractivity contribution in [2.75, 3.05) is 13.2 Å². The Bertz CT molecular complexity index is 330. The Balaban J connectivity index is 3.97. The Morgan fingerprint density at radius 3 is 1.59 bits per heavy atom. The Kier molecular flexibility index (Phi) is 23.2. The van der Waals surface area contributed by atoms with Crippen LogP contribution in [0.25, 0.3) is 0 Å². The summed E-state index contributed by atoms with van der Waals surface area (Å²) in [6.45, 7) is 5.36. The third-order valence-corrected chi connectivity index (χ3v) is 5.95. The van der Waals surface area contributed by atoms with Crippen molar-refractivity contribution in [3.8, 4) is 0 Å². The number of hydrogen-bond acceptors (Lipinski definition) is 3. The second-order valence-corrected chi connectivity index (χ2v) is 8.90. The van der Waals surface area contributed by atoms with Gasteiger partial charge in [-0.2, -0.15) is 0 Å². The fraction of sp³-hybridized carbons (Fsp3) is 0.962. The van der Waals surface area contributed by atoms with Gasteiger partial charge in [-0.05, 0) is 31.6 Å². The molecule has 0 saturated carbocycles. The van der Waals surface area contributed by atoms with Crippen LogP contribution in [0.1, 0.15) is 142 Å². The third-order valence-electron chi connectivity index (χ3n) is 5.95. The van der Waals surface area contributed by atoms with Gasteiger partial charge in [-0.25, -0.2) is 0 Å². The fourth-order valence-corrected chi connectivity index (χ4v) is 3.93. The maximum Gasteiger partial charge on any atom is 0.305 e. The lowest BCUT2D eigenvalue weighted by Crippen LogP contribution is -2.14. The first kappa shape index (κ1) is 28.4. The summed E-state index contributed by atoms with van der Waals surface area (Å²) in [6, 6.07) is 0. The normalized spacial score (nSPS) is 12.2. The first-order valence-corrected chi connectivity index (χ1v) is 13.0. The third kappa shape index (κ3) is 21.9. The zero-order valence-electron chi connectivity index (χ0n) is 19.9. The molecule has 3 heteroatoms. The summed E-state index contributed by atoms with van der Waals surface area (Å²) < 4.78 is 5.60. The van der Waals surface area contributed by atoms with E-state index in [0.717, 1.165) is 19.3 Å². The summed E-state index contributed by atoms with van der Waals surface area (Å²) in [5, 5.41) is 8.82. The predicted molar refractivity (Wildman–Crippen MR) is 125 cm³/mol. The Morgan fingerprint density at radius 2 is 1.10 bits per heavy atom. The fourth-order valence-electron chi connectivity index (χ4n) is 3.93. The molecule has 29 heavy (non-hydrogen) atoms. The molecule has 0 spiro atoms. The summed E-state index contributed by atoms with van der Waals surface area (Å²) >= 11 is 0. The van der Waals surface area contributed by atoms with E-state index in [-0.39, 0.29) is 12.6 Å². The summed E-state index contributed by atoms with van der Waals surface area (Å²) in [6.07, 6.45) is 24.2. The monoisotopic (exact) mass is 412 g/mol. The lowest BCUT2D eigenvalue weighted by Gasteiger charge is -2.17. The van der Waals surface area contributed by atoms with Crippen LogP contribution in [-0.2, 0) is 9.53 Å². The van der Waals surface area contributed by atoms with Crippen molar-refractivity contribution in [2.24, 2.45) is 5.92 Å². The van der Waals surface area contributed by atoms with Crippen molar-refractivity contribution in [1.29, 1.82) is 0 Å². The van der Waals surface area contributed by atoms with Crippen LogP contribution < -0.4 is 0 Å². The van der Waals surface area contributed by atoms with Gasteiger partial charge < -0.3 is 9.84 Å². The highest BCUT2D eigenvalue weighted by Crippen LogP contribution is 2.20. The maximum atomic E-state index is 12.0. The number of hydrogen-bond donors (Lipinski definition) is 1. The van der Waals surface area contributed by atoms with Crippen LogP contribution >= 0.6 is 0 Å². The van der Waals surface area contributed by atoms with E-state index in [2.05, 4.69) is 13.8 Å². The Hall–Kier alpha value is -0.570. The zero-order valence-corrected chi connectivity index (χ0v) is 19.9. The molecule has 1 atom stereocenters. The predicted octanol–water partition coefficient (Wildman–Crippen LogP) is 7.98. The highest BCUT2D eigenvalue weighted by atomic mass is 16.5. The molecule has 0 heterocycles. The molecule has 0 fully saturated rings. The van der Waals surface area contributed by atoms with E-state index in [9.17, 15) is 4.79 Å². The number of ether oxygens (including phenoxy) is 1. The molecule has 0 amide bonds. The van der Waals surface area contributed by atoms with Crippen LogP contribution in [0.3, 0.4) is 0 Å². The molecule has 3 nitrogen and oxygen atoms in total. The van der Waals surface area contributed by atoms with E-state index in [1.54, 1.807) is 0 Å². The van der Waals surface area contributed by atoms with Gasteiger partial charge in [0.15, 0.2) is 0 Å². The summed E-state index contributed by atoms with van der Waals surface area (Å²) in [7, 11) is 0. The molecule has 0 aliphatic heterocycles. The molecule has 0 rings (SSSR count). The van der Waals surface area contributed by atoms with Gasteiger partial charge in [0.2, 0.25) is 0 Å². The molecule has 174 valence electrons. The number of aliphatic hydroxyl groups is 1. The Labute approximate surface area is 182 Å². The summed E-state index contributed by atoms with van der Waals surface area (Å²) in [4.78, 5) is 12.0. The van der Waals surface area contributed by atoms with Gasteiger partial charge >= 0.3 is 5.97 Å². The lowest BCUT2D eigenvalue weighted by molar-refractivity contribution is -0.145. The topological polar surface area (TPSA) is 46.5 Å². The van der Waals surface area contributed by atoms with E-state index in [4.69, 9.17) is 9.84 Å². The number of aliphatic hydroxyl groups excluding tert-OH is 1. The SMILES string of the molecule is CCCCCCCCCCC(CCCCCCCC)COC(=O)CCCCCO. The van der Waals surface area contributed by atoms with E-state index in [0.29, 0.717) is 18.9 Å². The van der Waals surface area contributed by atoms with Gasteiger partial charge in [0.25, 0.3) is 0 Å². The number of rotatable bonds is 23. The molecule has 0 bridgehead atoms. The smallest absolute Gasteiger partial charge is 0.305 e. The zero-order chi connectivity index (χ0) is 21.4. The molecule has 0 aromatic rings. The Morgan fingerprint density at radius 1 is 0.655 bits per heavy atom. The standard InChI is InChI=1S/C26H52O3/c1-3-5-7-9-11-12-14-17-21-25(20-16-13-10-8-6-4-2)24-29-26(28)22-18-15-19-23-27/h25,27H,3-24H2,1-2H3. The molecule has 0 saturated heterocycles. The molecule has 1 unspecified atom stereocenters. The number of carbonyl (C=O) groups excluding carboxylic acids is 1. The highest BCUT2D eigenvalue weighted by Gasteiger charge is 2.12. The molecule has 0 aliphatic rings. The molecule has 0 radical (unpaired) electrons. The number of unbranched alkanes of at least 4 members (excludes halogenated alkanes) is 14. The molecular formula is C26H52O3. The largest absolute Gasteiger partial charge is 0.465 e. The van der Waals surface area contributed by atoms with Gasteiger partial charge in [0, 0.05) is 13.0 Å². The van der Waals surface area contributed by atoms with Crippen molar-refractivity contribution < 1.29 is 14.6 Å². The van der Waals surface area contributed by atoms with Crippen LogP contribution in [0.2, 0.25) is 0 Å². The van der Waals surface area contributed by atoms with Crippen LogP contribution in [-0.4, -0.2) is 24.3 Å². The number of carbonyl (C=O) groups is 1. The van der Waals surface area contributed by atoms with Gasteiger partial charge in [0.1, 0.15) is 0 Å². The van der Waals surface area contributed by atoms with Crippen LogP contribution in [0.4, 0.5) is 0 Å². The second-order valence-electron chi connectivity index (χ2n) is 8.90. The minimum absolute atomic E-state index is 0.0493. The maximum absolute atomic E-state index is 12.0. The minimum atomic E-state index is -0.0493.